The van der Waals surface area contributed by atoms with Crippen LogP contribution < -0.4 is 0 Å². The molecule has 0 N–H and O–H groups in total. The fourth-order valence-electron chi connectivity index (χ4n) is 3.35. The molecule has 0 radical (unpaired) electrons. The van der Waals surface area contributed by atoms with Crippen LogP contribution in [0.1, 0.15) is 39.4 Å². The van der Waals surface area contributed by atoms with E-state index in [0.717, 1.165) is 0 Å². The molecule has 1 saturated heterocycles. The summed E-state index contributed by atoms with van der Waals surface area (Å²) in [5.74, 6) is -0.213. The lowest BCUT2D eigenvalue weighted by Gasteiger charge is -2.34. The second-order valence-corrected chi connectivity index (χ2v) is 6.33. The molecule has 2 atom stereocenters. The van der Waals surface area contributed by atoms with Gasteiger partial charge in [-0.2, -0.15) is 0 Å². The lowest BCUT2D eigenvalue weighted by molar-refractivity contribution is -0.184. The third-order valence-electron chi connectivity index (χ3n) is 5.34. The van der Waals surface area contributed by atoms with E-state index in [4.69, 9.17) is 13.9 Å². The smallest absolute Gasteiger partial charge is 0.351 e. The van der Waals surface area contributed by atoms with Crippen LogP contribution in [0.4, 0.5) is 0 Å². The van der Waals surface area contributed by atoms with Gasteiger partial charge in [-0.15, -0.1) is 0 Å². The Kier molecular flexibility index (Phi) is 2.56. The molecule has 2 fully saturated rings. The Morgan fingerprint density at radius 1 is 1.35 bits per heavy atom. The molecule has 20 heavy (non-hydrogen) atoms. The van der Waals surface area contributed by atoms with E-state index in [1.165, 1.54) is 6.26 Å². The van der Waals surface area contributed by atoms with Crippen LogP contribution >= 0.6 is 0 Å². The van der Waals surface area contributed by atoms with E-state index in [1.807, 2.05) is 20.8 Å². The Hall–Kier alpha value is -1.78. The summed E-state index contributed by atoms with van der Waals surface area (Å²) in [5.41, 5.74) is -2.35. The number of carbonyl (C=O) groups is 2. The number of hydrogen-bond donors (Lipinski definition) is 0. The summed E-state index contributed by atoms with van der Waals surface area (Å²) in [6.45, 7) is 5.72. The number of carbonyl (C=O) groups excluding carboxylic acids is 2. The Morgan fingerprint density at radius 3 is 2.60 bits per heavy atom. The van der Waals surface area contributed by atoms with Gasteiger partial charge in [0.25, 0.3) is 0 Å². The van der Waals surface area contributed by atoms with Crippen LogP contribution in [-0.4, -0.2) is 17.5 Å². The van der Waals surface area contributed by atoms with Crippen molar-refractivity contribution in [2.45, 2.75) is 45.8 Å². The molecule has 2 aliphatic rings. The van der Waals surface area contributed by atoms with Crippen molar-refractivity contribution in [2.75, 3.05) is 0 Å². The summed E-state index contributed by atoms with van der Waals surface area (Å²) in [5, 5.41) is 0. The predicted molar refractivity (Wildman–Crippen MR) is 68.4 cm³/mol. The van der Waals surface area contributed by atoms with E-state index in [0.29, 0.717) is 18.6 Å². The van der Waals surface area contributed by atoms with Crippen LogP contribution in [0.2, 0.25) is 0 Å². The molecule has 5 nitrogen and oxygen atoms in total. The summed E-state index contributed by atoms with van der Waals surface area (Å²) in [6.07, 6.45) is 2.68. The van der Waals surface area contributed by atoms with E-state index < -0.39 is 22.4 Å². The molecule has 108 valence electrons. The Bertz CT molecular complexity index is 559. The highest BCUT2D eigenvalue weighted by atomic mass is 16.6. The minimum atomic E-state index is -1.16. The van der Waals surface area contributed by atoms with E-state index in [9.17, 15) is 9.59 Å². The van der Waals surface area contributed by atoms with Crippen LogP contribution in [0.25, 0.3) is 0 Å². The van der Waals surface area contributed by atoms with E-state index in [1.54, 1.807) is 12.1 Å². The summed E-state index contributed by atoms with van der Waals surface area (Å²) in [6, 6.07) is 3.46. The molecule has 0 amide bonds. The van der Waals surface area contributed by atoms with Crippen molar-refractivity contribution < 1.29 is 23.5 Å². The maximum absolute atomic E-state index is 12.5. The Balaban J connectivity index is 1.82. The number of rotatable bonds is 3. The van der Waals surface area contributed by atoms with E-state index in [2.05, 4.69) is 0 Å². The van der Waals surface area contributed by atoms with Crippen LogP contribution in [0, 0.1) is 10.8 Å². The van der Waals surface area contributed by atoms with Gasteiger partial charge in [0, 0.05) is 5.41 Å². The minimum Gasteiger partial charge on any atom is -0.466 e. The summed E-state index contributed by atoms with van der Waals surface area (Å²) in [4.78, 5) is 24.5. The topological polar surface area (TPSA) is 65.7 Å². The van der Waals surface area contributed by atoms with Crippen molar-refractivity contribution in [3.8, 4) is 0 Å². The van der Waals surface area contributed by atoms with Crippen LogP contribution in [0.5, 0.6) is 0 Å². The zero-order chi connectivity index (χ0) is 14.6. The van der Waals surface area contributed by atoms with E-state index in [-0.39, 0.29) is 12.6 Å². The van der Waals surface area contributed by atoms with E-state index >= 15 is 0 Å². The first kappa shape index (κ1) is 13.2. The highest BCUT2D eigenvalue weighted by Gasteiger charge is 2.76. The van der Waals surface area contributed by atoms with Crippen LogP contribution in [-0.2, 0) is 25.7 Å². The number of esters is 2. The van der Waals surface area contributed by atoms with Gasteiger partial charge >= 0.3 is 11.9 Å². The average Bonchev–Trinajstić information content (AvgIpc) is 3.01. The van der Waals surface area contributed by atoms with Gasteiger partial charge in [-0.25, -0.2) is 4.79 Å². The maximum atomic E-state index is 12.5. The Morgan fingerprint density at radius 2 is 2.10 bits per heavy atom. The first-order valence-electron chi connectivity index (χ1n) is 6.77. The molecule has 0 aromatic carbocycles. The standard InChI is InChI=1S/C15H18O5/c1-13(2)14(3)6-7-15(13,20-11(14)16)12(17)19-9-10-5-4-8-18-10/h4-5,8H,6-7,9H2,1-3H3. The van der Waals surface area contributed by atoms with Crippen LogP contribution in [0.15, 0.2) is 22.8 Å². The maximum Gasteiger partial charge on any atom is 0.351 e. The molecule has 1 aliphatic heterocycles. The Labute approximate surface area is 117 Å². The second-order valence-electron chi connectivity index (χ2n) is 6.33. The molecular formula is C15H18O5. The molecule has 2 heterocycles. The first-order valence-corrected chi connectivity index (χ1v) is 6.77. The molecule has 1 saturated carbocycles. The number of ether oxygens (including phenoxy) is 2. The second kappa shape index (κ2) is 3.87. The molecule has 3 rings (SSSR count). The molecular weight excluding hydrogens is 260 g/mol. The zero-order valence-corrected chi connectivity index (χ0v) is 11.9. The molecule has 1 aliphatic carbocycles. The quantitative estimate of drug-likeness (QED) is 0.794. The summed E-state index contributed by atoms with van der Waals surface area (Å²) >= 11 is 0. The number of furan rings is 1. The fraction of sp³-hybridized carbons (Fsp3) is 0.600. The number of fused-ring (bicyclic) bond motifs is 2. The predicted octanol–water partition coefficient (Wildman–Crippen LogP) is 2.44. The molecule has 1 aromatic rings. The summed E-state index contributed by atoms with van der Waals surface area (Å²) < 4.78 is 15.9. The third kappa shape index (κ3) is 1.38. The molecule has 2 bridgehead atoms. The van der Waals surface area contributed by atoms with Gasteiger partial charge in [-0.1, -0.05) is 13.8 Å². The van der Waals surface area contributed by atoms with Crippen molar-refractivity contribution in [3.63, 3.8) is 0 Å². The third-order valence-corrected chi connectivity index (χ3v) is 5.34. The molecule has 5 heteroatoms. The van der Waals surface area contributed by atoms with Crippen molar-refractivity contribution in [2.24, 2.45) is 10.8 Å². The monoisotopic (exact) mass is 278 g/mol. The molecule has 1 aromatic heterocycles. The minimum absolute atomic E-state index is 0.0535. The highest BCUT2D eigenvalue weighted by molar-refractivity contribution is 5.93. The SMILES string of the molecule is CC12CCC(C(=O)OCc3ccco3)(OC1=O)C2(C)C. The number of hydrogen-bond acceptors (Lipinski definition) is 5. The normalized spacial score (nSPS) is 34.0. The van der Waals surface area contributed by atoms with Gasteiger partial charge < -0.3 is 13.9 Å². The van der Waals surface area contributed by atoms with Crippen molar-refractivity contribution in [3.05, 3.63) is 24.2 Å². The molecule has 0 spiro atoms. The largest absolute Gasteiger partial charge is 0.466 e. The van der Waals surface area contributed by atoms with Crippen molar-refractivity contribution in [1.29, 1.82) is 0 Å². The van der Waals surface area contributed by atoms with Crippen molar-refractivity contribution >= 4 is 11.9 Å². The van der Waals surface area contributed by atoms with Gasteiger partial charge in [0.2, 0.25) is 5.60 Å². The molecule has 2 unspecified atom stereocenters. The van der Waals surface area contributed by atoms with Gasteiger partial charge in [0.15, 0.2) is 0 Å². The van der Waals surface area contributed by atoms with Gasteiger partial charge in [0.05, 0.1) is 11.7 Å². The van der Waals surface area contributed by atoms with Gasteiger partial charge in [0.1, 0.15) is 12.4 Å². The van der Waals surface area contributed by atoms with Gasteiger partial charge in [-0.3, -0.25) is 4.79 Å². The zero-order valence-electron chi connectivity index (χ0n) is 11.9. The summed E-state index contributed by atoms with van der Waals surface area (Å²) in [7, 11) is 0. The fourth-order valence-corrected chi connectivity index (χ4v) is 3.35. The first-order chi connectivity index (χ1) is 9.33. The highest BCUT2D eigenvalue weighted by Crippen LogP contribution is 2.65. The lowest BCUT2D eigenvalue weighted by atomic mass is 9.66. The lowest BCUT2D eigenvalue weighted by Crippen LogP contribution is -2.48. The average molecular weight is 278 g/mol. The van der Waals surface area contributed by atoms with Crippen molar-refractivity contribution in [1.82, 2.24) is 0 Å². The van der Waals surface area contributed by atoms with Crippen LogP contribution in [0.3, 0.4) is 0 Å². The van der Waals surface area contributed by atoms with Gasteiger partial charge in [-0.05, 0) is 31.9 Å².